The van der Waals surface area contributed by atoms with Crippen LogP contribution in [0.15, 0.2) is 6.33 Å². The van der Waals surface area contributed by atoms with Crippen LogP contribution in [0.1, 0.15) is 6.92 Å². The van der Waals surface area contributed by atoms with Gasteiger partial charge in [0.1, 0.15) is 0 Å². The molecule has 1 aromatic heterocycles. The summed E-state index contributed by atoms with van der Waals surface area (Å²) >= 11 is 1.70. The second-order valence-corrected chi connectivity index (χ2v) is 4.49. The Morgan fingerprint density at radius 1 is 1.80 bits per heavy atom. The molecule has 6 nitrogen and oxygen atoms in total. The maximum absolute atomic E-state index is 10.6. The van der Waals surface area contributed by atoms with Gasteiger partial charge in [0.25, 0.3) is 0 Å². The molecule has 0 radical (unpaired) electrons. The van der Waals surface area contributed by atoms with Crippen molar-refractivity contribution in [3.05, 3.63) is 16.4 Å². The predicted molar refractivity (Wildman–Crippen MR) is 61.3 cm³/mol. The lowest BCUT2D eigenvalue weighted by Gasteiger charge is -2.10. The van der Waals surface area contributed by atoms with Crippen molar-refractivity contribution in [3.63, 3.8) is 0 Å². The van der Waals surface area contributed by atoms with Crippen molar-refractivity contribution in [2.75, 3.05) is 18.1 Å². The number of rotatable bonds is 5. The third-order valence-electron chi connectivity index (χ3n) is 2.05. The average molecular weight is 230 g/mol. The van der Waals surface area contributed by atoms with Crippen LogP contribution >= 0.6 is 11.8 Å². The molecule has 1 heterocycles. The lowest BCUT2D eigenvalue weighted by atomic mass is 10.4. The summed E-state index contributed by atoms with van der Waals surface area (Å²) in [6.07, 6.45) is 3.44. The van der Waals surface area contributed by atoms with Crippen molar-refractivity contribution in [3.8, 4) is 0 Å². The van der Waals surface area contributed by atoms with Crippen LogP contribution in [0.3, 0.4) is 0 Å². The van der Waals surface area contributed by atoms with Gasteiger partial charge in [-0.1, -0.05) is 6.92 Å². The van der Waals surface area contributed by atoms with Gasteiger partial charge >= 0.3 is 5.82 Å². The molecule has 0 fully saturated rings. The quantitative estimate of drug-likeness (QED) is 0.613. The van der Waals surface area contributed by atoms with Gasteiger partial charge in [-0.2, -0.15) is 11.8 Å². The van der Waals surface area contributed by atoms with E-state index in [1.807, 2.05) is 6.26 Å². The Balaban J connectivity index is 2.75. The molecular weight excluding hydrogens is 216 g/mol. The van der Waals surface area contributed by atoms with E-state index in [1.165, 1.54) is 6.33 Å². The van der Waals surface area contributed by atoms with Gasteiger partial charge in [0.15, 0.2) is 0 Å². The van der Waals surface area contributed by atoms with E-state index in [9.17, 15) is 10.1 Å². The van der Waals surface area contributed by atoms with E-state index < -0.39 is 4.92 Å². The zero-order valence-corrected chi connectivity index (χ0v) is 9.74. The summed E-state index contributed by atoms with van der Waals surface area (Å²) in [5, 5.41) is 14.1. The Morgan fingerprint density at radius 2 is 2.47 bits per heavy atom. The first-order valence-corrected chi connectivity index (χ1v) is 5.77. The number of aryl methyl sites for hydroxylation is 1. The van der Waals surface area contributed by atoms with Gasteiger partial charge in [-0.25, -0.2) is 0 Å². The number of imidazole rings is 1. The summed E-state index contributed by atoms with van der Waals surface area (Å²) in [7, 11) is 1.73. The van der Waals surface area contributed by atoms with E-state index in [0.717, 1.165) is 0 Å². The van der Waals surface area contributed by atoms with Crippen molar-refractivity contribution in [2.45, 2.75) is 12.2 Å². The van der Waals surface area contributed by atoms with Crippen molar-refractivity contribution >= 4 is 23.4 Å². The smallest absolute Gasteiger partial charge is 0.363 e. The highest BCUT2D eigenvalue weighted by Crippen LogP contribution is 2.21. The number of thioether (sulfide) groups is 1. The molecular formula is C8H14N4O2S. The lowest BCUT2D eigenvalue weighted by Crippen LogP contribution is -2.15. The van der Waals surface area contributed by atoms with Crippen LogP contribution in [0.4, 0.5) is 11.6 Å². The van der Waals surface area contributed by atoms with Crippen LogP contribution in [0.25, 0.3) is 0 Å². The zero-order valence-electron chi connectivity index (χ0n) is 8.93. The third-order valence-corrected chi connectivity index (χ3v) is 3.02. The summed E-state index contributed by atoms with van der Waals surface area (Å²) < 4.78 is 1.62. The van der Waals surface area contributed by atoms with Gasteiger partial charge in [0.05, 0.1) is 0 Å². The molecule has 1 unspecified atom stereocenters. The Hall–Kier alpha value is -1.24. The Bertz CT molecular complexity index is 352. The lowest BCUT2D eigenvalue weighted by molar-refractivity contribution is -0.388. The number of hydrogen-bond donors (Lipinski definition) is 1. The highest BCUT2D eigenvalue weighted by Gasteiger charge is 2.19. The fourth-order valence-corrected chi connectivity index (χ4v) is 1.33. The molecule has 1 rings (SSSR count). The van der Waals surface area contributed by atoms with Crippen LogP contribution in [0.5, 0.6) is 0 Å². The van der Waals surface area contributed by atoms with Crippen LogP contribution < -0.4 is 5.32 Å². The largest absolute Gasteiger partial charge is 0.406 e. The fraction of sp³-hybridized carbons (Fsp3) is 0.625. The Labute approximate surface area is 92.2 Å². The van der Waals surface area contributed by atoms with Crippen LogP contribution in [-0.4, -0.2) is 32.5 Å². The minimum Gasteiger partial charge on any atom is -0.363 e. The molecule has 0 aliphatic heterocycles. The number of anilines is 1. The molecule has 84 valence electrons. The van der Waals surface area contributed by atoms with E-state index in [2.05, 4.69) is 17.2 Å². The first-order valence-electron chi connectivity index (χ1n) is 4.48. The van der Waals surface area contributed by atoms with Crippen LogP contribution in [0.2, 0.25) is 0 Å². The Morgan fingerprint density at radius 3 is 3.00 bits per heavy atom. The van der Waals surface area contributed by atoms with Gasteiger partial charge < -0.3 is 15.4 Å². The average Bonchev–Trinajstić information content (AvgIpc) is 2.56. The number of nitrogens with zero attached hydrogens (tertiary/aromatic N) is 3. The van der Waals surface area contributed by atoms with Crippen molar-refractivity contribution in [1.82, 2.24) is 9.55 Å². The van der Waals surface area contributed by atoms with Gasteiger partial charge in [0, 0.05) is 18.8 Å². The minimum atomic E-state index is -0.480. The van der Waals surface area contributed by atoms with E-state index in [0.29, 0.717) is 17.6 Å². The molecule has 0 saturated carbocycles. The van der Waals surface area contributed by atoms with E-state index in [-0.39, 0.29) is 5.82 Å². The van der Waals surface area contributed by atoms with Gasteiger partial charge in [-0.15, -0.1) is 0 Å². The summed E-state index contributed by atoms with van der Waals surface area (Å²) in [6.45, 7) is 2.74. The molecule has 7 heteroatoms. The highest BCUT2D eigenvalue weighted by molar-refractivity contribution is 7.99. The SMILES string of the molecule is CSC(C)CNc1c([N+](=O)[O-])ncn1C. The van der Waals surface area contributed by atoms with Gasteiger partial charge in [-0.3, -0.25) is 4.57 Å². The van der Waals surface area contributed by atoms with E-state index in [4.69, 9.17) is 0 Å². The first kappa shape index (κ1) is 11.8. The van der Waals surface area contributed by atoms with E-state index in [1.54, 1.807) is 23.4 Å². The maximum atomic E-state index is 10.6. The minimum absolute atomic E-state index is 0.120. The molecule has 15 heavy (non-hydrogen) atoms. The Kier molecular flexibility index (Phi) is 3.96. The van der Waals surface area contributed by atoms with Crippen molar-refractivity contribution in [1.29, 1.82) is 0 Å². The molecule has 0 aliphatic carbocycles. The van der Waals surface area contributed by atoms with Crippen LogP contribution in [-0.2, 0) is 7.05 Å². The standard InChI is InChI=1S/C8H14N4O2S/c1-6(15-3)4-9-7-8(12(13)14)10-5-11(7)2/h5-6,9H,4H2,1-3H3. The van der Waals surface area contributed by atoms with Crippen molar-refractivity contribution in [2.24, 2.45) is 7.05 Å². The third kappa shape index (κ3) is 2.85. The summed E-state index contributed by atoms with van der Waals surface area (Å²) in [5.74, 6) is 0.340. The number of aromatic nitrogens is 2. The normalized spacial score (nSPS) is 12.5. The number of nitro groups is 1. The zero-order chi connectivity index (χ0) is 11.4. The first-order chi connectivity index (χ1) is 7.06. The maximum Gasteiger partial charge on any atom is 0.406 e. The van der Waals surface area contributed by atoms with Gasteiger partial charge in [-0.05, 0) is 16.2 Å². The predicted octanol–water partition coefficient (Wildman–Crippen LogP) is 1.49. The summed E-state index contributed by atoms with van der Waals surface area (Å²) in [4.78, 5) is 13.9. The highest BCUT2D eigenvalue weighted by atomic mass is 32.2. The molecule has 1 atom stereocenters. The topological polar surface area (TPSA) is 73.0 Å². The monoisotopic (exact) mass is 230 g/mol. The summed E-state index contributed by atoms with van der Waals surface area (Å²) in [5.41, 5.74) is 0. The molecule has 0 saturated heterocycles. The summed E-state index contributed by atoms with van der Waals surface area (Å²) in [6, 6.07) is 0. The number of nitrogens with one attached hydrogen (secondary N) is 1. The second-order valence-electron chi connectivity index (χ2n) is 3.21. The van der Waals surface area contributed by atoms with E-state index >= 15 is 0 Å². The fourth-order valence-electron chi connectivity index (χ4n) is 1.08. The molecule has 0 aromatic carbocycles. The molecule has 0 aliphatic rings. The number of hydrogen-bond acceptors (Lipinski definition) is 5. The molecule has 0 spiro atoms. The van der Waals surface area contributed by atoms with Crippen molar-refractivity contribution < 1.29 is 4.92 Å². The van der Waals surface area contributed by atoms with Gasteiger partial charge in [0.2, 0.25) is 12.1 Å². The second kappa shape index (κ2) is 5.01. The molecule has 1 N–H and O–H groups in total. The molecule has 1 aromatic rings. The molecule has 0 amide bonds. The molecule has 0 bridgehead atoms. The van der Waals surface area contributed by atoms with Crippen LogP contribution in [0, 0.1) is 10.1 Å².